The Balaban J connectivity index is 2.06. The van der Waals surface area contributed by atoms with Crippen molar-refractivity contribution in [1.82, 2.24) is 9.38 Å². The zero-order valence-electron chi connectivity index (χ0n) is 14.7. The van der Waals surface area contributed by atoms with E-state index in [0.29, 0.717) is 17.8 Å². The fraction of sp³-hybridized carbons (Fsp3) is 0.222. The van der Waals surface area contributed by atoms with Crippen LogP contribution in [0.3, 0.4) is 0 Å². The summed E-state index contributed by atoms with van der Waals surface area (Å²) in [5, 5.41) is 13.6. The van der Waals surface area contributed by atoms with Crippen LogP contribution in [-0.4, -0.2) is 27.3 Å². The van der Waals surface area contributed by atoms with Crippen LogP contribution in [0.25, 0.3) is 5.65 Å². The maximum absolute atomic E-state index is 13.7. The third-order valence-electron chi connectivity index (χ3n) is 4.00. The number of pyridine rings is 1. The van der Waals surface area contributed by atoms with Crippen molar-refractivity contribution >= 4 is 22.9 Å². The third kappa shape index (κ3) is 3.57. The first-order valence-corrected chi connectivity index (χ1v) is 8.24. The number of nitro groups is 1. The van der Waals surface area contributed by atoms with Crippen LogP contribution in [0.2, 0.25) is 0 Å². The van der Waals surface area contributed by atoms with Crippen LogP contribution >= 0.6 is 0 Å². The van der Waals surface area contributed by atoms with Crippen molar-refractivity contribution in [3.8, 4) is 5.75 Å². The number of anilines is 1. The van der Waals surface area contributed by atoms with Gasteiger partial charge in [0.1, 0.15) is 22.9 Å². The number of nitro benzene ring substituents is 1. The molecular weight excluding hydrogens is 355 g/mol. The second-order valence-electron chi connectivity index (χ2n) is 5.83. The molecule has 0 saturated carbocycles. The van der Waals surface area contributed by atoms with Crippen LogP contribution in [0.4, 0.5) is 15.8 Å². The predicted octanol–water partition coefficient (Wildman–Crippen LogP) is 3.60. The molecule has 1 amide bonds. The summed E-state index contributed by atoms with van der Waals surface area (Å²) >= 11 is 0. The highest BCUT2D eigenvalue weighted by atomic mass is 19.1. The smallest absolute Gasteiger partial charge is 0.274 e. The highest BCUT2D eigenvalue weighted by Gasteiger charge is 2.21. The van der Waals surface area contributed by atoms with Gasteiger partial charge in [0.2, 0.25) is 0 Å². The Morgan fingerprint density at radius 3 is 2.81 bits per heavy atom. The molecule has 0 bridgehead atoms. The van der Waals surface area contributed by atoms with E-state index in [1.807, 2.05) is 6.92 Å². The molecule has 0 aliphatic carbocycles. The van der Waals surface area contributed by atoms with E-state index in [4.69, 9.17) is 4.74 Å². The van der Waals surface area contributed by atoms with E-state index in [1.54, 1.807) is 0 Å². The van der Waals surface area contributed by atoms with Gasteiger partial charge in [-0.1, -0.05) is 13.3 Å². The monoisotopic (exact) mass is 372 g/mol. The number of aromatic nitrogens is 2. The molecule has 0 unspecified atom stereocenters. The molecule has 0 spiro atoms. The molecule has 0 fully saturated rings. The summed E-state index contributed by atoms with van der Waals surface area (Å²) in [5.74, 6) is -0.800. The first-order chi connectivity index (χ1) is 12.9. The van der Waals surface area contributed by atoms with Gasteiger partial charge in [-0.3, -0.25) is 19.3 Å². The average molecular weight is 372 g/mol. The zero-order valence-corrected chi connectivity index (χ0v) is 14.7. The number of benzene rings is 1. The lowest BCUT2D eigenvalue weighted by Gasteiger charge is -2.11. The van der Waals surface area contributed by atoms with E-state index in [1.165, 1.54) is 48.0 Å². The molecule has 9 heteroatoms. The summed E-state index contributed by atoms with van der Waals surface area (Å²) < 4.78 is 20.2. The van der Waals surface area contributed by atoms with Gasteiger partial charge in [-0.05, 0) is 24.6 Å². The van der Waals surface area contributed by atoms with Crippen LogP contribution in [0.5, 0.6) is 5.75 Å². The van der Waals surface area contributed by atoms with Gasteiger partial charge in [0.25, 0.3) is 11.6 Å². The molecule has 0 atom stereocenters. The number of nitrogens with one attached hydrogen (secondary N) is 1. The van der Waals surface area contributed by atoms with Crippen LogP contribution in [0, 0.1) is 15.9 Å². The van der Waals surface area contributed by atoms with E-state index in [-0.39, 0.29) is 22.8 Å². The summed E-state index contributed by atoms with van der Waals surface area (Å²) in [5.41, 5.74) is 1.09. The number of halogens is 1. The molecule has 2 aromatic heterocycles. The number of aryl methyl sites for hydroxylation is 1. The highest BCUT2D eigenvalue weighted by Crippen LogP contribution is 2.29. The molecule has 0 radical (unpaired) electrons. The summed E-state index contributed by atoms with van der Waals surface area (Å²) in [6.07, 6.45) is 2.45. The number of carbonyl (C=O) groups excluding carboxylic acids is 1. The Morgan fingerprint density at radius 1 is 1.37 bits per heavy atom. The van der Waals surface area contributed by atoms with Crippen LogP contribution in [0.15, 0.2) is 36.5 Å². The number of fused-ring (bicyclic) bond motifs is 1. The molecule has 1 N–H and O–H groups in total. The van der Waals surface area contributed by atoms with Gasteiger partial charge in [-0.25, -0.2) is 9.37 Å². The van der Waals surface area contributed by atoms with Gasteiger partial charge < -0.3 is 10.1 Å². The fourth-order valence-electron chi connectivity index (χ4n) is 2.81. The quantitative estimate of drug-likeness (QED) is 0.526. The Morgan fingerprint density at radius 2 is 2.15 bits per heavy atom. The van der Waals surface area contributed by atoms with Crippen LogP contribution in [-0.2, 0) is 6.42 Å². The predicted molar refractivity (Wildman–Crippen MR) is 96.7 cm³/mol. The van der Waals surface area contributed by atoms with Crippen molar-refractivity contribution in [3.63, 3.8) is 0 Å². The van der Waals surface area contributed by atoms with Crippen molar-refractivity contribution < 1.29 is 18.8 Å². The Bertz CT molecular complexity index is 1030. The summed E-state index contributed by atoms with van der Waals surface area (Å²) in [4.78, 5) is 27.8. The molecule has 0 aliphatic rings. The minimum atomic E-state index is -0.568. The van der Waals surface area contributed by atoms with Crippen molar-refractivity contribution in [1.29, 1.82) is 0 Å². The van der Waals surface area contributed by atoms with Gasteiger partial charge in [0.15, 0.2) is 0 Å². The third-order valence-corrected chi connectivity index (χ3v) is 4.00. The van der Waals surface area contributed by atoms with E-state index in [0.717, 1.165) is 6.42 Å². The lowest BCUT2D eigenvalue weighted by Crippen LogP contribution is -2.17. The van der Waals surface area contributed by atoms with E-state index >= 15 is 0 Å². The SMILES string of the molecule is CCCc1nc2ccc(F)cn2c1C(=O)Nc1cc([N+](=O)[O-])ccc1OC. The van der Waals surface area contributed by atoms with E-state index in [9.17, 15) is 19.3 Å². The molecule has 0 aliphatic heterocycles. The maximum atomic E-state index is 13.7. The lowest BCUT2D eigenvalue weighted by atomic mass is 10.2. The largest absolute Gasteiger partial charge is 0.495 e. The van der Waals surface area contributed by atoms with E-state index < -0.39 is 16.6 Å². The Hall–Kier alpha value is -3.49. The number of nitrogens with zero attached hydrogens (tertiary/aromatic N) is 3. The molecular formula is C18H17FN4O4. The molecule has 140 valence electrons. The van der Waals surface area contributed by atoms with Gasteiger partial charge in [0, 0.05) is 18.3 Å². The second-order valence-corrected chi connectivity index (χ2v) is 5.83. The maximum Gasteiger partial charge on any atom is 0.274 e. The number of carbonyl (C=O) groups is 1. The molecule has 1 aromatic carbocycles. The molecule has 0 saturated heterocycles. The second kappa shape index (κ2) is 7.40. The van der Waals surface area contributed by atoms with Crippen molar-refractivity contribution in [3.05, 3.63) is 63.8 Å². The van der Waals surface area contributed by atoms with Crippen LogP contribution < -0.4 is 10.1 Å². The topological polar surface area (TPSA) is 98.8 Å². The normalized spacial score (nSPS) is 10.8. The van der Waals surface area contributed by atoms with Gasteiger partial charge in [-0.15, -0.1) is 0 Å². The molecule has 3 aromatic rings. The molecule has 3 rings (SSSR count). The number of hydrogen-bond donors (Lipinski definition) is 1. The van der Waals surface area contributed by atoms with Crippen molar-refractivity contribution in [2.45, 2.75) is 19.8 Å². The van der Waals surface area contributed by atoms with Crippen LogP contribution in [0.1, 0.15) is 29.5 Å². The minimum absolute atomic E-state index is 0.144. The van der Waals surface area contributed by atoms with Gasteiger partial charge >= 0.3 is 0 Å². The summed E-state index contributed by atoms with van der Waals surface area (Å²) in [6, 6.07) is 6.64. The number of methoxy groups -OCH3 is 1. The molecule has 2 heterocycles. The standard InChI is InChI=1S/C18H17FN4O4/c1-3-4-13-17(22-10-11(19)5-8-16(22)20-13)18(24)21-14-9-12(23(25)26)6-7-15(14)27-2/h5-10H,3-4H2,1-2H3,(H,21,24). The highest BCUT2D eigenvalue weighted by molar-refractivity contribution is 6.05. The van der Waals surface area contributed by atoms with Crippen molar-refractivity contribution in [2.24, 2.45) is 0 Å². The van der Waals surface area contributed by atoms with Gasteiger partial charge in [-0.2, -0.15) is 0 Å². The van der Waals surface area contributed by atoms with Gasteiger partial charge in [0.05, 0.1) is 23.4 Å². The number of imidazole rings is 1. The number of amides is 1. The molecule has 8 nitrogen and oxygen atoms in total. The Labute approximate surface area is 153 Å². The number of ether oxygens (including phenoxy) is 1. The summed E-state index contributed by atoms with van der Waals surface area (Å²) in [7, 11) is 1.39. The lowest BCUT2D eigenvalue weighted by molar-refractivity contribution is -0.384. The number of non-ortho nitro benzene ring substituents is 1. The minimum Gasteiger partial charge on any atom is -0.495 e. The fourth-order valence-corrected chi connectivity index (χ4v) is 2.81. The first-order valence-electron chi connectivity index (χ1n) is 8.24. The first kappa shape index (κ1) is 18.3. The van der Waals surface area contributed by atoms with Crippen molar-refractivity contribution in [2.75, 3.05) is 12.4 Å². The summed E-state index contributed by atoms with van der Waals surface area (Å²) in [6.45, 7) is 1.94. The number of rotatable bonds is 6. The van der Waals surface area contributed by atoms with E-state index in [2.05, 4.69) is 10.3 Å². The number of hydrogen-bond acceptors (Lipinski definition) is 5. The Kier molecular flexibility index (Phi) is 5.02. The molecule has 27 heavy (non-hydrogen) atoms. The average Bonchev–Trinajstić information content (AvgIpc) is 2.99. The zero-order chi connectivity index (χ0) is 19.6.